The van der Waals surface area contributed by atoms with Gasteiger partial charge < -0.3 is 0 Å². The van der Waals surface area contributed by atoms with E-state index in [1.165, 1.54) is 0 Å². The van der Waals surface area contributed by atoms with Gasteiger partial charge in [-0.25, -0.2) is 9.79 Å². The normalized spacial score (nSPS) is 24.9. The molecule has 2 nitrogen and oxygen atoms in total. The molecule has 0 fully saturated rings. The van der Waals surface area contributed by atoms with Gasteiger partial charge in [0.1, 0.15) is 0 Å². The van der Waals surface area contributed by atoms with Crippen molar-refractivity contribution in [1.82, 2.24) is 0 Å². The van der Waals surface area contributed by atoms with Crippen molar-refractivity contribution in [2.75, 3.05) is 0 Å². The van der Waals surface area contributed by atoms with Crippen molar-refractivity contribution < 1.29 is 4.79 Å². The Labute approximate surface area is 68.2 Å². The van der Waals surface area contributed by atoms with Gasteiger partial charge in [0.05, 0.1) is 6.04 Å². The SMILES string of the molecule is O=C=NC1CCC=C(Br)C1. The molecular formula is C7H8BrNO. The van der Waals surface area contributed by atoms with Gasteiger partial charge in [0.15, 0.2) is 0 Å². The number of hydrogen-bond donors (Lipinski definition) is 0. The number of halogens is 1. The number of allylic oxidation sites excluding steroid dienone is 1. The first-order valence-electron chi connectivity index (χ1n) is 3.24. The van der Waals surface area contributed by atoms with Gasteiger partial charge in [-0.05, 0) is 17.3 Å². The summed E-state index contributed by atoms with van der Waals surface area (Å²) in [6.07, 6.45) is 6.55. The summed E-state index contributed by atoms with van der Waals surface area (Å²) in [6, 6.07) is 0.164. The molecule has 0 bridgehead atoms. The molecule has 0 radical (unpaired) electrons. The molecule has 0 amide bonds. The van der Waals surface area contributed by atoms with Gasteiger partial charge in [-0.15, -0.1) is 0 Å². The van der Waals surface area contributed by atoms with E-state index < -0.39 is 0 Å². The number of carbonyl (C=O) groups excluding carboxylic acids is 1. The van der Waals surface area contributed by atoms with Crippen molar-refractivity contribution in [3.05, 3.63) is 10.6 Å². The molecule has 0 saturated carbocycles. The highest BCUT2D eigenvalue weighted by Crippen LogP contribution is 2.24. The lowest BCUT2D eigenvalue weighted by Gasteiger charge is -2.13. The van der Waals surface area contributed by atoms with Crippen LogP contribution in [0, 0.1) is 0 Å². The fourth-order valence-corrected chi connectivity index (χ4v) is 1.63. The molecule has 0 aromatic rings. The van der Waals surface area contributed by atoms with Crippen LogP contribution in [0.15, 0.2) is 15.6 Å². The summed E-state index contributed by atoms with van der Waals surface area (Å²) in [5, 5.41) is 0. The van der Waals surface area contributed by atoms with Crippen LogP contribution in [0.4, 0.5) is 0 Å². The van der Waals surface area contributed by atoms with Crippen LogP contribution < -0.4 is 0 Å². The molecule has 0 aromatic heterocycles. The monoisotopic (exact) mass is 201 g/mol. The highest BCUT2D eigenvalue weighted by Gasteiger charge is 2.11. The van der Waals surface area contributed by atoms with E-state index in [0.717, 1.165) is 23.7 Å². The van der Waals surface area contributed by atoms with Crippen molar-refractivity contribution in [3.63, 3.8) is 0 Å². The molecule has 1 rings (SSSR count). The Kier molecular flexibility index (Phi) is 2.84. The summed E-state index contributed by atoms with van der Waals surface area (Å²) >= 11 is 3.37. The number of nitrogens with zero attached hydrogens (tertiary/aromatic N) is 1. The molecule has 0 saturated heterocycles. The van der Waals surface area contributed by atoms with Crippen molar-refractivity contribution in [3.8, 4) is 0 Å². The van der Waals surface area contributed by atoms with Crippen LogP contribution in [0.2, 0.25) is 0 Å². The predicted molar refractivity (Wildman–Crippen MR) is 42.8 cm³/mol. The van der Waals surface area contributed by atoms with E-state index in [2.05, 4.69) is 27.0 Å². The minimum Gasteiger partial charge on any atom is -0.211 e. The second kappa shape index (κ2) is 3.69. The Morgan fingerprint density at radius 2 is 2.60 bits per heavy atom. The minimum absolute atomic E-state index is 0.164. The first-order valence-corrected chi connectivity index (χ1v) is 4.03. The highest BCUT2D eigenvalue weighted by molar-refractivity contribution is 9.11. The van der Waals surface area contributed by atoms with Crippen LogP contribution >= 0.6 is 15.9 Å². The second-order valence-electron chi connectivity index (χ2n) is 2.31. The topological polar surface area (TPSA) is 29.4 Å². The lowest BCUT2D eigenvalue weighted by atomic mass is 10.0. The van der Waals surface area contributed by atoms with E-state index in [9.17, 15) is 4.79 Å². The zero-order valence-corrected chi connectivity index (χ0v) is 7.10. The molecule has 0 heterocycles. The van der Waals surface area contributed by atoms with E-state index in [1.807, 2.05) is 0 Å². The van der Waals surface area contributed by atoms with Crippen LogP contribution in [0.1, 0.15) is 19.3 Å². The zero-order chi connectivity index (χ0) is 7.40. The second-order valence-corrected chi connectivity index (χ2v) is 3.33. The van der Waals surface area contributed by atoms with Gasteiger partial charge in [0.2, 0.25) is 6.08 Å². The first-order chi connectivity index (χ1) is 4.83. The van der Waals surface area contributed by atoms with Crippen LogP contribution in [0.25, 0.3) is 0 Å². The molecule has 0 aromatic carbocycles. The molecule has 54 valence electrons. The largest absolute Gasteiger partial charge is 0.235 e. The maximum Gasteiger partial charge on any atom is 0.235 e. The molecule has 1 aliphatic carbocycles. The average Bonchev–Trinajstić information content (AvgIpc) is 1.88. The third kappa shape index (κ3) is 2.09. The standard InChI is InChI=1S/C7H8BrNO/c8-6-2-1-3-7(4-6)9-5-10/h2,7H,1,3-4H2. The Morgan fingerprint density at radius 3 is 3.20 bits per heavy atom. The fourth-order valence-electron chi connectivity index (χ4n) is 1.03. The van der Waals surface area contributed by atoms with E-state index >= 15 is 0 Å². The van der Waals surface area contributed by atoms with Crippen molar-refractivity contribution in [1.29, 1.82) is 0 Å². The Morgan fingerprint density at radius 1 is 1.80 bits per heavy atom. The van der Waals surface area contributed by atoms with Crippen LogP contribution in [0.3, 0.4) is 0 Å². The van der Waals surface area contributed by atoms with Gasteiger partial charge in [-0.1, -0.05) is 22.0 Å². The number of hydrogen-bond acceptors (Lipinski definition) is 2. The molecule has 10 heavy (non-hydrogen) atoms. The minimum atomic E-state index is 0.164. The smallest absolute Gasteiger partial charge is 0.211 e. The lowest BCUT2D eigenvalue weighted by Crippen LogP contribution is -2.07. The number of isocyanates is 1. The predicted octanol–water partition coefficient (Wildman–Crippen LogP) is 2.15. The number of aliphatic imine (C=N–C) groups is 1. The van der Waals surface area contributed by atoms with Gasteiger partial charge in [0.25, 0.3) is 0 Å². The Bertz CT molecular complexity index is 194. The molecule has 3 heteroatoms. The van der Waals surface area contributed by atoms with Gasteiger partial charge >= 0.3 is 0 Å². The van der Waals surface area contributed by atoms with Crippen LogP contribution in [0.5, 0.6) is 0 Å². The van der Waals surface area contributed by atoms with Crippen molar-refractivity contribution in [2.24, 2.45) is 4.99 Å². The summed E-state index contributed by atoms with van der Waals surface area (Å²) in [5.41, 5.74) is 0. The summed E-state index contributed by atoms with van der Waals surface area (Å²) in [7, 11) is 0. The van der Waals surface area contributed by atoms with E-state index in [0.29, 0.717) is 0 Å². The average molecular weight is 202 g/mol. The van der Waals surface area contributed by atoms with E-state index in [-0.39, 0.29) is 6.04 Å². The summed E-state index contributed by atoms with van der Waals surface area (Å²) in [6.45, 7) is 0. The van der Waals surface area contributed by atoms with Crippen molar-refractivity contribution >= 4 is 22.0 Å². The van der Waals surface area contributed by atoms with Gasteiger partial charge in [-0.3, -0.25) is 0 Å². The Hall–Kier alpha value is -0.400. The van der Waals surface area contributed by atoms with Crippen LogP contribution in [-0.4, -0.2) is 12.1 Å². The van der Waals surface area contributed by atoms with Crippen LogP contribution in [-0.2, 0) is 4.79 Å². The summed E-state index contributed by atoms with van der Waals surface area (Å²) < 4.78 is 1.16. The molecule has 1 aliphatic rings. The molecule has 0 aliphatic heterocycles. The fraction of sp³-hybridized carbons (Fsp3) is 0.571. The third-order valence-corrected chi connectivity index (χ3v) is 2.18. The summed E-state index contributed by atoms with van der Waals surface area (Å²) in [5.74, 6) is 0. The highest BCUT2D eigenvalue weighted by atomic mass is 79.9. The van der Waals surface area contributed by atoms with E-state index in [4.69, 9.17) is 0 Å². The first kappa shape index (κ1) is 7.70. The molecule has 1 atom stereocenters. The molecule has 0 spiro atoms. The zero-order valence-electron chi connectivity index (χ0n) is 5.51. The quantitative estimate of drug-likeness (QED) is 0.473. The maximum absolute atomic E-state index is 9.85. The lowest BCUT2D eigenvalue weighted by molar-refractivity contribution is 0.546. The maximum atomic E-state index is 9.85. The molecular weight excluding hydrogens is 194 g/mol. The van der Waals surface area contributed by atoms with Crippen molar-refractivity contribution in [2.45, 2.75) is 25.3 Å². The molecule has 0 N–H and O–H groups in total. The Balaban J connectivity index is 2.53. The van der Waals surface area contributed by atoms with E-state index in [1.54, 1.807) is 6.08 Å². The summed E-state index contributed by atoms with van der Waals surface area (Å²) in [4.78, 5) is 13.5. The van der Waals surface area contributed by atoms with Gasteiger partial charge in [-0.2, -0.15) is 0 Å². The molecule has 1 unspecified atom stereocenters. The number of rotatable bonds is 1. The van der Waals surface area contributed by atoms with Gasteiger partial charge in [0, 0.05) is 6.42 Å². The third-order valence-electron chi connectivity index (χ3n) is 1.53.